The molecule has 2 N–H and O–H groups in total. The fourth-order valence-corrected chi connectivity index (χ4v) is 2.90. The highest BCUT2D eigenvalue weighted by atomic mass is 19.1. The van der Waals surface area contributed by atoms with Crippen LogP contribution in [0.3, 0.4) is 0 Å². The Kier molecular flexibility index (Phi) is 3.95. The third-order valence-corrected chi connectivity index (χ3v) is 3.96. The first-order valence-electron chi connectivity index (χ1n) is 8.00. The average molecular weight is 327 g/mol. The summed E-state index contributed by atoms with van der Waals surface area (Å²) < 4.78 is 21.8. The van der Waals surface area contributed by atoms with Crippen LogP contribution in [0.1, 0.15) is 39.6 Å². The van der Waals surface area contributed by atoms with Crippen molar-refractivity contribution >= 4 is 16.7 Å². The molecule has 0 unspecified atom stereocenters. The molecule has 5 heteroatoms. The Morgan fingerprint density at radius 3 is 2.42 bits per heavy atom. The summed E-state index contributed by atoms with van der Waals surface area (Å²) in [5.41, 5.74) is 7.25. The number of rotatable bonds is 4. The molecule has 0 aliphatic carbocycles. The number of imidazole rings is 1. The number of hydrogen-bond donors (Lipinski definition) is 1. The molecular weight excluding hydrogens is 305 g/mol. The number of nitrogen functional groups attached to an aromatic ring is 1. The normalized spacial score (nSPS) is 12.1. The van der Waals surface area contributed by atoms with Gasteiger partial charge < -0.3 is 15.0 Å². The van der Waals surface area contributed by atoms with E-state index < -0.39 is 5.60 Å². The first-order valence-corrected chi connectivity index (χ1v) is 8.00. The Morgan fingerprint density at radius 1 is 1.12 bits per heavy atom. The lowest BCUT2D eigenvalue weighted by Crippen LogP contribution is -2.30. The number of halogens is 1. The third-order valence-electron chi connectivity index (χ3n) is 3.96. The summed E-state index contributed by atoms with van der Waals surface area (Å²) in [6, 6.07) is 12.1. The summed E-state index contributed by atoms with van der Waals surface area (Å²) in [4.78, 5) is 4.65. The molecule has 0 radical (unpaired) electrons. The smallest absolute Gasteiger partial charge is 0.161 e. The van der Waals surface area contributed by atoms with Gasteiger partial charge in [-0.2, -0.15) is 0 Å². The number of aromatic nitrogens is 2. The summed E-state index contributed by atoms with van der Waals surface area (Å²) >= 11 is 0. The van der Waals surface area contributed by atoms with Gasteiger partial charge in [0.15, 0.2) is 11.4 Å². The van der Waals surface area contributed by atoms with Gasteiger partial charge in [-0.15, -0.1) is 0 Å². The monoisotopic (exact) mass is 327 g/mol. The minimum absolute atomic E-state index is 0.171. The highest BCUT2D eigenvalue weighted by Gasteiger charge is 2.31. The number of anilines is 1. The van der Waals surface area contributed by atoms with Gasteiger partial charge >= 0.3 is 0 Å². The van der Waals surface area contributed by atoms with Crippen molar-refractivity contribution in [2.75, 3.05) is 5.73 Å². The molecule has 0 fully saturated rings. The van der Waals surface area contributed by atoms with Crippen LogP contribution in [-0.2, 0) is 5.60 Å². The fourth-order valence-electron chi connectivity index (χ4n) is 2.90. The van der Waals surface area contributed by atoms with Gasteiger partial charge in [0.2, 0.25) is 0 Å². The van der Waals surface area contributed by atoms with Crippen molar-refractivity contribution in [3.05, 3.63) is 54.1 Å². The molecule has 0 saturated carbocycles. The van der Waals surface area contributed by atoms with E-state index in [4.69, 9.17) is 10.5 Å². The molecular formula is C19H22FN3O. The maximum atomic E-state index is 13.6. The van der Waals surface area contributed by atoms with E-state index >= 15 is 0 Å². The van der Waals surface area contributed by atoms with Crippen LogP contribution >= 0.6 is 0 Å². The van der Waals surface area contributed by atoms with E-state index in [0.717, 1.165) is 11.3 Å². The van der Waals surface area contributed by atoms with Crippen molar-refractivity contribution in [2.45, 2.75) is 39.3 Å². The minimum atomic E-state index is -0.685. The van der Waals surface area contributed by atoms with Crippen molar-refractivity contribution in [3.8, 4) is 5.75 Å². The Bertz CT molecular complexity index is 866. The minimum Gasteiger partial charge on any atom is -0.480 e. The number of hydrogen-bond acceptors (Lipinski definition) is 3. The predicted molar refractivity (Wildman–Crippen MR) is 94.6 cm³/mol. The topological polar surface area (TPSA) is 53.1 Å². The zero-order chi connectivity index (χ0) is 17.5. The SMILES string of the molecule is CC(C)n1c(C(C)(C)Oc2ccc(N)cc2)nc2cc(F)ccc21. The van der Waals surface area contributed by atoms with Gasteiger partial charge in [0.05, 0.1) is 11.0 Å². The summed E-state index contributed by atoms with van der Waals surface area (Å²) in [5, 5.41) is 0. The highest BCUT2D eigenvalue weighted by Crippen LogP contribution is 2.32. The first kappa shape index (κ1) is 16.3. The summed E-state index contributed by atoms with van der Waals surface area (Å²) in [5.74, 6) is 1.18. The molecule has 0 amide bonds. The van der Waals surface area contributed by atoms with Crippen molar-refractivity contribution in [2.24, 2.45) is 0 Å². The molecule has 3 rings (SSSR count). The van der Waals surface area contributed by atoms with Crippen LogP contribution in [0.15, 0.2) is 42.5 Å². The molecule has 0 aliphatic rings. The lowest BCUT2D eigenvalue weighted by atomic mass is 10.1. The van der Waals surface area contributed by atoms with Crippen molar-refractivity contribution < 1.29 is 9.13 Å². The van der Waals surface area contributed by atoms with Crippen LogP contribution < -0.4 is 10.5 Å². The summed E-state index contributed by atoms with van der Waals surface area (Å²) in [6.45, 7) is 8.07. The number of fused-ring (bicyclic) bond motifs is 1. The van der Waals surface area contributed by atoms with Crippen LogP contribution in [-0.4, -0.2) is 9.55 Å². The lowest BCUT2D eigenvalue weighted by Gasteiger charge is -2.28. The van der Waals surface area contributed by atoms with Crippen LogP contribution in [0.2, 0.25) is 0 Å². The first-order chi connectivity index (χ1) is 11.3. The summed E-state index contributed by atoms with van der Waals surface area (Å²) in [7, 11) is 0. The van der Waals surface area contributed by atoms with Crippen LogP contribution in [0.5, 0.6) is 5.75 Å². The van der Waals surface area contributed by atoms with Gasteiger partial charge in [-0.3, -0.25) is 0 Å². The van der Waals surface area contributed by atoms with E-state index in [1.165, 1.54) is 12.1 Å². The van der Waals surface area contributed by atoms with E-state index in [2.05, 4.69) is 23.4 Å². The number of ether oxygens (including phenoxy) is 1. The van der Waals surface area contributed by atoms with Crippen molar-refractivity contribution in [1.29, 1.82) is 0 Å². The van der Waals surface area contributed by atoms with Gasteiger partial charge in [0, 0.05) is 17.8 Å². The molecule has 3 aromatic rings. The number of nitrogens with zero attached hydrogens (tertiary/aromatic N) is 2. The second-order valence-corrected chi connectivity index (χ2v) is 6.71. The van der Waals surface area contributed by atoms with Gasteiger partial charge in [0.25, 0.3) is 0 Å². The van der Waals surface area contributed by atoms with E-state index in [1.807, 2.05) is 26.0 Å². The molecule has 24 heavy (non-hydrogen) atoms. The van der Waals surface area contributed by atoms with Gasteiger partial charge in [-0.25, -0.2) is 9.37 Å². The molecule has 1 aromatic heterocycles. The van der Waals surface area contributed by atoms with Gasteiger partial charge in [0.1, 0.15) is 11.6 Å². The molecule has 0 spiro atoms. The Morgan fingerprint density at radius 2 is 1.79 bits per heavy atom. The van der Waals surface area contributed by atoms with Crippen LogP contribution in [0.4, 0.5) is 10.1 Å². The molecule has 0 saturated heterocycles. The molecule has 4 nitrogen and oxygen atoms in total. The van der Waals surface area contributed by atoms with E-state index in [-0.39, 0.29) is 11.9 Å². The van der Waals surface area contributed by atoms with Crippen molar-refractivity contribution in [1.82, 2.24) is 9.55 Å². The van der Waals surface area contributed by atoms with E-state index in [0.29, 0.717) is 17.0 Å². The fraction of sp³-hybridized carbons (Fsp3) is 0.316. The Hall–Kier alpha value is -2.56. The molecule has 0 bridgehead atoms. The maximum absolute atomic E-state index is 13.6. The van der Waals surface area contributed by atoms with Gasteiger partial charge in [-0.1, -0.05) is 0 Å². The number of nitrogens with two attached hydrogens (primary N) is 1. The second kappa shape index (κ2) is 5.82. The maximum Gasteiger partial charge on any atom is 0.161 e. The zero-order valence-electron chi connectivity index (χ0n) is 14.4. The Balaban J connectivity index is 2.08. The second-order valence-electron chi connectivity index (χ2n) is 6.71. The summed E-state index contributed by atoms with van der Waals surface area (Å²) in [6.07, 6.45) is 0. The standard InChI is InChI=1S/C19H22FN3O/c1-12(2)23-17-10-5-13(20)11-16(17)22-18(23)19(3,4)24-15-8-6-14(21)7-9-15/h5-12H,21H2,1-4H3. The molecule has 0 atom stereocenters. The largest absolute Gasteiger partial charge is 0.480 e. The average Bonchev–Trinajstić information content (AvgIpc) is 2.89. The third kappa shape index (κ3) is 2.94. The van der Waals surface area contributed by atoms with E-state index in [1.54, 1.807) is 18.2 Å². The number of benzene rings is 2. The lowest BCUT2D eigenvalue weighted by molar-refractivity contribution is 0.0935. The predicted octanol–water partition coefficient (Wildman–Crippen LogP) is 4.65. The molecule has 0 aliphatic heterocycles. The quantitative estimate of drug-likeness (QED) is 0.710. The highest BCUT2D eigenvalue weighted by molar-refractivity contribution is 5.76. The molecule has 126 valence electrons. The zero-order valence-corrected chi connectivity index (χ0v) is 14.4. The Labute approximate surface area is 141 Å². The molecule has 2 aromatic carbocycles. The van der Waals surface area contributed by atoms with Crippen molar-refractivity contribution in [3.63, 3.8) is 0 Å². The molecule has 1 heterocycles. The van der Waals surface area contributed by atoms with Gasteiger partial charge in [-0.05, 0) is 64.1 Å². The van der Waals surface area contributed by atoms with Crippen LogP contribution in [0.25, 0.3) is 11.0 Å². The van der Waals surface area contributed by atoms with Crippen LogP contribution in [0, 0.1) is 5.82 Å². The van der Waals surface area contributed by atoms with E-state index in [9.17, 15) is 4.39 Å².